The Morgan fingerprint density at radius 2 is 2.21 bits per heavy atom. The Labute approximate surface area is 88.5 Å². The lowest BCUT2D eigenvalue weighted by molar-refractivity contribution is -0.132. The van der Waals surface area contributed by atoms with Crippen LogP contribution in [-0.2, 0) is 4.79 Å². The molecule has 0 saturated heterocycles. The van der Waals surface area contributed by atoms with Crippen LogP contribution in [0, 0.1) is 0 Å². The van der Waals surface area contributed by atoms with Gasteiger partial charge < -0.3 is 10.6 Å². The number of carbonyl (C=O) groups is 1. The molecule has 1 atom stereocenters. The van der Waals surface area contributed by atoms with E-state index in [1.165, 1.54) is 11.3 Å². The van der Waals surface area contributed by atoms with Crippen molar-refractivity contribution < 1.29 is 4.79 Å². The zero-order valence-electron chi connectivity index (χ0n) is 8.73. The van der Waals surface area contributed by atoms with Gasteiger partial charge in [0.05, 0.1) is 0 Å². The first-order valence-corrected chi connectivity index (χ1v) is 5.47. The monoisotopic (exact) mass is 212 g/mol. The number of hydrogen-bond acceptors (Lipinski definition) is 3. The molecule has 1 aromatic heterocycles. The standard InChI is InChI=1S/C10H16N2OS/c1-7(2)12(3)10(13)9(11)8-5-4-6-14-8/h4-7,9H,11H2,1-3H3. The van der Waals surface area contributed by atoms with Gasteiger partial charge in [-0.15, -0.1) is 11.3 Å². The lowest BCUT2D eigenvalue weighted by Crippen LogP contribution is -2.39. The van der Waals surface area contributed by atoms with Crippen LogP contribution >= 0.6 is 11.3 Å². The Balaban J connectivity index is 2.71. The van der Waals surface area contributed by atoms with Crippen molar-refractivity contribution in [1.82, 2.24) is 4.90 Å². The molecule has 0 saturated carbocycles. The average Bonchev–Trinajstić information content (AvgIpc) is 2.67. The third-order valence-electron chi connectivity index (χ3n) is 2.24. The van der Waals surface area contributed by atoms with Gasteiger partial charge in [-0.05, 0) is 25.3 Å². The van der Waals surface area contributed by atoms with Crippen LogP contribution in [0.1, 0.15) is 24.8 Å². The first kappa shape index (κ1) is 11.2. The summed E-state index contributed by atoms with van der Waals surface area (Å²) in [5.41, 5.74) is 5.84. The molecule has 0 radical (unpaired) electrons. The highest BCUT2D eigenvalue weighted by atomic mass is 32.1. The van der Waals surface area contributed by atoms with Crippen LogP contribution in [0.15, 0.2) is 17.5 Å². The fraction of sp³-hybridized carbons (Fsp3) is 0.500. The number of thiophene rings is 1. The number of nitrogens with two attached hydrogens (primary N) is 1. The van der Waals surface area contributed by atoms with Crippen molar-refractivity contribution >= 4 is 17.2 Å². The van der Waals surface area contributed by atoms with Gasteiger partial charge in [0.25, 0.3) is 0 Å². The Kier molecular flexibility index (Phi) is 3.66. The summed E-state index contributed by atoms with van der Waals surface area (Å²) in [6, 6.07) is 3.47. The number of hydrogen-bond donors (Lipinski definition) is 1. The van der Waals surface area contributed by atoms with Crippen LogP contribution in [0.3, 0.4) is 0 Å². The van der Waals surface area contributed by atoms with Crippen molar-refractivity contribution in [1.29, 1.82) is 0 Å². The van der Waals surface area contributed by atoms with Gasteiger partial charge in [0.15, 0.2) is 0 Å². The first-order chi connectivity index (χ1) is 6.54. The topological polar surface area (TPSA) is 46.3 Å². The second-order valence-electron chi connectivity index (χ2n) is 3.54. The van der Waals surface area contributed by atoms with E-state index in [9.17, 15) is 4.79 Å². The molecule has 14 heavy (non-hydrogen) atoms. The maximum absolute atomic E-state index is 11.8. The zero-order valence-corrected chi connectivity index (χ0v) is 9.54. The predicted octanol–water partition coefficient (Wildman–Crippen LogP) is 1.61. The molecule has 0 aliphatic carbocycles. The molecule has 1 rings (SSSR count). The molecule has 1 amide bonds. The van der Waals surface area contributed by atoms with Gasteiger partial charge in [-0.25, -0.2) is 0 Å². The lowest BCUT2D eigenvalue weighted by atomic mass is 10.2. The number of likely N-dealkylation sites (N-methyl/N-ethyl adjacent to an activating group) is 1. The first-order valence-electron chi connectivity index (χ1n) is 4.59. The third kappa shape index (κ3) is 2.33. The van der Waals surface area contributed by atoms with Gasteiger partial charge in [0.1, 0.15) is 6.04 Å². The van der Waals surface area contributed by atoms with Crippen molar-refractivity contribution in [3.63, 3.8) is 0 Å². The van der Waals surface area contributed by atoms with E-state index in [2.05, 4.69) is 0 Å². The second kappa shape index (κ2) is 4.57. The van der Waals surface area contributed by atoms with Gasteiger partial charge in [0.2, 0.25) is 5.91 Å². The number of carbonyl (C=O) groups excluding carboxylic acids is 1. The van der Waals surface area contributed by atoms with Crippen molar-refractivity contribution in [3.8, 4) is 0 Å². The number of rotatable bonds is 3. The van der Waals surface area contributed by atoms with Crippen LogP contribution in [0.2, 0.25) is 0 Å². The summed E-state index contributed by atoms with van der Waals surface area (Å²) in [5.74, 6) is -0.0255. The SMILES string of the molecule is CC(C)N(C)C(=O)C(N)c1cccs1. The summed E-state index contributed by atoms with van der Waals surface area (Å²) in [7, 11) is 1.78. The maximum atomic E-state index is 11.8. The molecular weight excluding hydrogens is 196 g/mol. The third-order valence-corrected chi connectivity index (χ3v) is 3.19. The Morgan fingerprint density at radius 1 is 1.57 bits per heavy atom. The molecule has 0 aromatic carbocycles. The molecule has 0 aliphatic heterocycles. The summed E-state index contributed by atoms with van der Waals surface area (Å²) in [6.07, 6.45) is 0. The highest BCUT2D eigenvalue weighted by Gasteiger charge is 2.21. The van der Waals surface area contributed by atoms with E-state index in [-0.39, 0.29) is 11.9 Å². The van der Waals surface area contributed by atoms with Crippen molar-refractivity contribution in [3.05, 3.63) is 22.4 Å². The molecule has 3 nitrogen and oxygen atoms in total. The van der Waals surface area contributed by atoms with E-state index in [0.29, 0.717) is 0 Å². The lowest BCUT2D eigenvalue weighted by Gasteiger charge is -2.24. The second-order valence-corrected chi connectivity index (χ2v) is 4.52. The van der Waals surface area contributed by atoms with Crippen LogP contribution in [0.25, 0.3) is 0 Å². The molecule has 1 unspecified atom stereocenters. The van der Waals surface area contributed by atoms with Crippen LogP contribution in [-0.4, -0.2) is 23.9 Å². The fourth-order valence-corrected chi connectivity index (χ4v) is 1.78. The number of nitrogens with zero attached hydrogens (tertiary/aromatic N) is 1. The largest absolute Gasteiger partial charge is 0.342 e. The minimum atomic E-state index is -0.512. The Morgan fingerprint density at radius 3 is 2.64 bits per heavy atom. The van der Waals surface area contributed by atoms with E-state index < -0.39 is 6.04 Å². The molecule has 0 spiro atoms. The quantitative estimate of drug-likeness (QED) is 0.827. The average molecular weight is 212 g/mol. The van der Waals surface area contributed by atoms with E-state index in [0.717, 1.165) is 4.88 Å². The molecule has 0 bridgehead atoms. The van der Waals surface area contributed by atoms with Crippen LogP contribution in [0.4, 0.5) is 0 Å². The van der Waals surface area contributed by atoms with Crippen LogP contribution < -0.4 is 5.73 Å². The van der Waals surface area contributed by atoms with E-state index >= 15 is 0 Å². The van der Waals surface area contributed by atoms with Crippen LogP contribution in [0.5, 0.6) is 0 Å². The highest BCUT2D eigenvalue weighted by molar-refractivity contribution is 7.10. The summed E-state index contributed by atoms with van der Waals surface area (Å²) < 4.78 is 0. The molecule has 0 fully saturated rings. The van der Waals surface area contributed by atoms with Gasteiger partial charge in [0, 0.05) is 18.0 Å². The molecule has 78 valence electrons. The summed E-state index contributed by atoms with van der Waals surface area (Å²) >= 11 is 1.52. The molecule has 0 aliphatic rings. The van der Waals surface area contributed by atoms with Gasteiger partial charge in [-0.2, -0.15) is 0 Å². The summed E-state index contributed by atoms with van der Waals surface area (Å²) in [4.78, 5) is 14.4. The molecule has 1 aromatic rings. The zero-order chi connectivity index (χ0) is 10.7. The molecule has 1 heterocycles. The fourth-order valence-electron chi connectivity index (χ4n) is 1.06. The van der Waals surface area contributed by atoms with E-state index in [4.69, 9.17) is 5.73 Å². The van der Waals surface area contributed by atoms with E-state index in [1.54, 1.807) is 11.9 Å². The molecule has 2 N–H and O–H groups in total. The summed E-state index contributed by atoms with van der Waals surface area (Å²) in [5, 5.41) is 1.93. The van der Waals surface area contributed by atoms with Crippen molar-refractivity contribution in [2.75, 3.05) is 7.05 Å². The maximum Gasteiger partial charge on any atom is 0.244 e. The Hall–Kier alpha value is -0.870. The number of amides is 1. The predicted molar refractivity (Wildman–Crippen MR) is 59.2 cm³/mol. The Bertz CT molecular complexity index is 295. The minimum Gasteiger partial charge on any atom is -0.342 e. The molecular formula is C10H16N2OS. The van der Waals surface area contributed by atoms with Gasteiger partial charge >= 0.3 is 0 Å². The smallest absolute Gasteiger partial charge is 0.244 e. The van der Waals surface area contributed by atoms with Crippen molar-refractivity contribution in [2.24, 2.45) is 5.73 Å². The normalized spacial score (nSPS) is 12.9. The highest BCUT2D eigenvalue weighted by Crippen LogP contribution is 2.18. The van der Waals surface area contributed by atoms with Gasteiger partial charge in [-0.1, -0.05) is 6.07 Å². The molecule has 4 heteroatoms. The van der Waals surface area contributed by atoms with Gasteiger partial charge in [-0.3, -0.25) is 4.79 Å². The van der Waals surface area contributed by atoms with E-state index in [1.807, 2.05) is 31.4 Å². The summed E-state index contributed by atoms with van der Waals surface area (Å²) in [6.45, 7) is 3.94. The van der Waals surface area contributed by atoms with Crippen molar-refractivity contribution in [2.45, 2.75) is 25.9 Å². The minimum absolute atomic E-state index is 0.0255.